The van der Waals surface area contributed by atoms with E-state index in [1.807, 2.05) is 50.4 Å². The zero-order chi connectivity index (χ0) is 24.8. The summed E-state index contributed by atoms with van der Waals surface area (Å²) in [6.07, 6.45) is 2.62. The van der Waals surface area contributed by atoms with E-state index in [-0.39, 0.29) is 28.1 Å². The maximum absolute atomic E-state index is 13.1. The lowest BCUT2D eigenvalue weighted by atomic mass is 10.0. The molecule has 0 aliphatic rings. The second-order valence-corrected chi connectivity index (χ2v) is 10.2. The third kappa shape index (κ3) is 6.92. The van der Waals surface area contributed by atoms with E-state index in [9.17, 15) is 9.59 Å². The van der Waals surface area contributed by atoms with Gasteiger partial charge in [0.25, 0.3) is 11.8 Å². The topological polar surface area (TPSA) is 58.2 Å². The van der Waals surface area contributed by atoms with Gasteiger partial charge >= 0.3 is 0 Å². The SMILES string of the molecule is CSCC(C)NC(=O)c1c(Cl)cccc1C(=O)Nc1ccc(Cc2cc(Cl)cc(Cl)c2)cc1C. The molecule has 8 heteroatoms. The Morgan fingerprint density at radius 2 is 1.65 bits per heavy atom. The number of aryl methyl sites for hydroxylation is 1. The minimum absolute atomic E-state index is 0.0566. The average molecular weight is 536 g/mol. The van der Waals surface area contributed by atoms with E-state index in [2.05, 4.69) is 10.6 Å². The fraction of sp³-hybridized carbons (Fsp3) is 0.231. The van der Waals surface area contributed by atoms with Crippen LogP contribution in [0.15, 0.2) is 54.6 Å². The van der Waals surface area contributed by atoms with E-state index in [1.54, 1.807) is 36.0 Å². The van der Waals surface area contributed by atoms with Crippen LogP contribution in [0.2, 0.25) is 15.1 Å². The predicted molar refractivity (Wildman–Crippen MR) is 145 cm³/mol. The summed E-state index contributed by atoms with van der Waals surface area (Å²) in [5.74, 6) is -0.0165. The van der Waals surface area contributed by atoms with Gasteiger partial charge < -0.3 is 10.6 Å². The Labute approximate surface area is 219 Å². The van der Waals surface area contributed by atoms with Crippen molar-refractivity contribution < 1.29 is 9.59 Å². The summed E-state index contributed by atoms with van der Waals surface area (Å²) in [5.41, 5.74) is 3.99. The molecule has 3 aromatic rings. The van der Waals surface area contributed by atoms with Crippen LogP contribution in [0.25, 0.3) is 0 Å². The molecule has 0 aliphatic heterocycles. The molecule has 0 saturated carbocycles. The summed E-state index contributed by atoms with van der Waals surface area (Å²) in [7, 11) is 0. The third-order valence-corrected chi connectivity index (χ3v) is 6.73. The van der Waals surface area contributed by atoms with Gasteiger partial charge in [0.2, 0.25) is 0 Å². The van der Waals surface area contributed by atoms with Crippen molar-refractivity contribution in [2.75, 3.05) is 17.3 Å². The van der Waals surface area contributed by atoms with Crippen LogP contribution >= 0.6 is 46.6 Å². The van der Waals surface area contributed by atoms with Crippen molar-refractivity contribution in [1.82, 2.24) is 5.32 Å². The number of carbonyl (C=O) groups is 2. The Morgan fingerprint density at radius 3 is 2.29 bits per heavy atom. The van der Waals surface area contributed by atoms with Gasteiger partial charge in [0, 0.05) is 27.5 Å². The first-order valence-corrected chi connectivity index (χ1v) is 13.1. The van der Waals surface area contributed by atoms with Crippen molar-refractivity contribution in [1.29, 1.82) is 0 Å². The highest BCUT2D eigenvalue weighted by atomic mass is 35.5. The van der Waals surface area contributed by atoms with Crippen LogP contribution in [0, 0.1) is 6.92 Å². The highest BCUT2D eigenvalue weighted by Crippen LogP contribution is 2.25. The number of rotatable bonds is 8. The Kier molecular flexibility index (Phi) is 9.31. The first-order chi connectivity index (χ1) is 16.2. The molecule has 1 unspecified atom stereocenters. The van der Waals surface area contributed by atoms with Crippen LogP contribution in [0.1, 0.15) is 44.3 Å². The first-order valence-electron chi connectivity index (χ1n) is 10.6. The highest BCUT2D eigenvalue weighted by Gasteiger charge is 2.22. The monoisotopic (exact) mass is 534 g/mol. The molecule has 3 aromatic carbocycles. The van der Waals surface area contributed by atoms with Crippen LogP contribution in [0.3, 0.4) is 0 Å². The molecule has 4 nitrogen and oxygen atoms in total. The van der Waals surface area contributed by atoms with Crippen molar-refractivity contribution in [2.24, 2.45) is 0 Å². The third-order valence-electron chi connectivity index (χ3n) is 5.15. The molecular weight excluding hydrogens is 511 g/mol. The Balaban J connectivity index is 1.79. The van der Waals surface area contributed by atoms with E-state index in [1.165, 1.54) is 0 Å². The van der Waals surface area contributed by atoms with Gasteiger partial charge in [-0.25, -0.2) is 0 Å². The smallest absolute Gasteiger partial charge is 0.256 e. The van der Waals surface area contributed by atoms with Crippen molar-refractivity contribution in [3.05, 3.63) is 97.5 Å². The predicted octanol–water partition coefficient (Wildman–Crippen LogP) is 7.28. The van der Waals surface area contributed by atoms with Crippen LogP contribution in [-0.4, -0.2) is 29.9 Å². The molecule has 1 atom stereocenters. The van der Waals surface area contributed by atoms with E-state index in [0.29, 0.717) is 22.2 Å². The summed E-state index contributed by atoms with van der Waals surface area (Å²) >= 11 is 20.2. The van der Waals surface area contributed by atoms with E-state index in [0.717, 1.165) is 22.4 Å². The molecule has 0 bridgehead atoms. The molecular formula is C26H25Cl3N2O2S. The van der Waals surface area contributed by atoms with Gasteiger partial charge in [0.05, 0.1) is 16.1 Å². The highest BCUT2D eigenvalue weighted by molar-refractivity contribution is 7.98. The number of anilines is 1. The van der Waals surface area contributed by atoms with E-state index >= 15 is 0 Å². The molecule has 0 aliphatic carbocycles. The van der Waals surface area contributed by atoms with Crippen LogP contribution < -0.4 is 10.6 Å². The number of thioether (sulfide) groups is 1. The summed E-state index contributed by atoms with van der Waals surface area (Å²) in [5, 5.41) is 7.23. The summed E-state index contributed by atoms with van der Waals surface area (Å²) in [6, 6.07) is 16.0. The van der Waals surface area contributed by atoms with Gasteiger partial charge in [-0.15, -0.1) is 0 Å². The quantitative estimate of drug-likeness (QED) is 0.319. The number of carbonyl (C=O) groups excluding carboxylic acids is 2. The lowest BCUT2D eigenvalue weighted by molar-refractivity contribution is 0.0931. The molecule has 0 radical (unpaired) electrons. The number of amides is 2. The molecule has 0 fully saturated rings. The molecule has 34 heavy (non-hydrogen) atoms. The molecule has 2 amide bonds. The van der Waals surface area contributed by atoms with Gasteiger partial charge in [-0.3, -0.25) is 9.59 Å². The van der Waals surface area contributed by atoms with Gasteiger partial charge in [-0.2, -0.15) is 11.8 Å². The zero-order valence-electron chi connectivity index (χ0n) is 19.0. The number of hydrogen-bond acceptors (Lipinski definition) is 3. The van der Waals surface area contributed by atoms with Gasteiger partial charge in [0.1, 0.15) is 0 Å². The van der Waals surface area contributed by atoms with Crippen molar-refractivity contribution in [2.45, 2.75) is 26.3 Å². The largest absolute Gasteiger partial charge is 0.349 e. The second kappa shape index (κ2) is 12.0. The number of nitrogens with one attached hydrogen (secondary N) is 2. The van der Waals surface area contributed by atoms with E-state index < -0.39 is 5.91 Å². The number of halogens is 3. The van der Waals surface area contributed by atoms with Crippen LogP contribution in [-0.2, 0) is 6.42 Å². The number of hydrogen-bond donors (Lipinski definition) is 2. The molecule has 0 aromatic heterocycles. The second-order valence-electron chi connectivity index (χ2n) is 8.05. The lowest BCUT2D eigenvalue weighted by Gasteiger charge is -2.16. The fourth-order valence-corrected chi connectivity index (χ4v) is 5.06. The Bertz CT molecular complexity index is 1200. The molecule has 0 saturated heterocycles. The van der Waals surface area contributed by atoms with Crippen molar-refractivity contribution in [3.63, 3.8) is 0 Å². The van der Waals surface area contributed by atoms with E-state index in [4.69, 9.17) is 34.8 Å². The normalized spacial score (nSPS) is 11.7. The minimum atomic E-state index is -0.400. The number of benzene rings is 3. The molecule has 2 N–H and O–H groups in total. The minimum Gasteiger partial charge on any atom is -0.349 e. The van der Waals surface area contributed by atoms with Crippen molar-refractivity contribution in [3.8, 4) is 0 Å². The summed E-state index contributed by atoms with van der Waals surface area (Å²) in [6.45, 7) is 3.83. The molecule has 0 spiro atoms. The maximum atomic E-state index is 13.1. The first kappa shape index (κ1) is 26.4. The van der Waals surface area contributed by atoms with Crippen LogP contribution in [0.4, 0.5) is 5.69 Å². The van der Waals surface area contributed by atoms with Crippen molar-refractivity contribution >= 4 is 64.1 Å². The Morgan fingerprint density at radius 1 is 0.941 bits per heavy atom. The van der Waals surface area contributed by atoms with Gasteiger partial charge in [-0.05, 0) is 79.6 Å². The maximum Gasteiger partial charge on any atom is 0.256 e. The lowest BCUT2D eigenvalue weighted by Crippen LogP contribution is -2.35. The average Bonchev–Trinajstić information content (AvgIpc) is 2.74. The molecule has 0 heterocycles. The van der Waals surface area contributed by atoms with Crippen LogP contribution in [0.5, 0.6) is 0 Å². The zero-order valence-corrected chi connectivity index (χ0v) is 22.1. The van der Waals surface area contributed by atoms with Gasteiger partial charge in [0.15, 0.2) is 0 Å². The summed E-state index contributed by atoms with van der Waals surface area (Å²) in [4.78, 5) is 26.0. The Hall–Kier alpha value is -2.18. The molecule has 178 valence electrons. The molecule has 3 rings (SSSR count). The summed E-state index contributed by atoms with van der Waals surface area (Å²) < 4.78 is 0. The fourth-order valence-electron chi connectivity index (χ4n) is 3.65. The standard InChI is InChI=1S/C26H25Cl3N2O2S/c1-15-9-17(10-18-11-19(27)13-20(28)12-18)7-8-23(15)31-25(32)21-5-4-6-22(29)24(21)26(33)30-16(2)14-34-3/h4-9,11-13,16H,10,14H2,1-3H3,(H,30,33)(H,31,32). The van der Waals surface area contributed by atoms with Gasteiger partial charge in [-0.1, -0.05) is 53.0 Å².